The van der Waals surface area contributed by atoms with Gasteiger partial charge in [0.15, 0.2) is 0 Å². The summed E-state index contributed by atoms with van der Waals surface area (Å²) in [6, 6.07) is 9.49. The number of hydrogen-bond donors (Lipinski definition) is 1. The van der Waals surface area contributed by atoms with Gasteiger partial charge in [-0.3, -0.25) is 14.9 Å². The van der Waals surface area contributed by atoms with Gasteiger partial charge in [0.25, 0.3) is 5.69 Å². The zero-order chi connectivity index (χ0) is 17.6. The molecule has 0 atom stereocenters. The maximum Gasteiger partial charge on any atom is 0.292 e. The monoisotopic (exact) mass is 360 g/mol. The molecule has 3 rings (SSSR count). The van der Waals surface area contributed by atoms with Crippen molar-refractivity contribution in [2.45, 2.75) is 11.7 Å². The van der Waals surface area contributed by atoms with Gasteiger partial charge in [-0.25, -0.2) is 4.68 Å². The van der Waals surface area contributed by atoms with E-state index in [1.165, 1.54) is 22.9 Å². The molecule has 0 radical (unpaired) electrons. The fraction of sp³-hybridized carbons (Fsp3) is 0.143. The number of furan rings is 1. The Bertz CT molecular complexity index is 879. The van der Waals surface area contributed by atoms with Crippen LogP contribution in [0.1, 0.15) is 5.76 Å². The summed E-state index contributed by atoms with van der Waals surface area (Å²) < 4.78 is 6.73. The lowest BCUT2D eigenvalue weighted by molar-refractivity contribution is -0.383. The molecule has 0 fully saturated rings. The smallest absolute Gasteiger partial charge is 0.292 e. The van der Waals surface area contributed by atoms with Crippen molar-refractivity contribution in [3.8, 4) is 0 Å². The Morgan fingerprint density at radius 1 is 1.32 bits per heavy atom. The molecule has 0 aliphatic rings. The average molecular weight is 360 g/mol. The fourth-order valence-electron chi connectivity index (χ4n) is 2.00. The molecule has 0 aliphatic carbocycles. The van der Waals surface area contributed by atoms with E-state index in [4.69, 9.17) is 4.42 Å². The quantitative estimate of drug-likeness (QED) is 0.384. The minimum Gasteiger partial charge on any atom is -0.467 e. The summed E-state index contributed by atoms with van der Waals surface area (Å²) in [5.41, 5.74) is -0.0169. The maximum atomic E-state index is 12.1. The van der Waals surface area contributed by atoms with Crippen LogP contribution in [-0.2, 0) is 11.3 Å². The third-order valence-corrected chi connectivity index (χ3v) is 4.05. The molecule has 0 spiro atoms. The first-order chi connectivity index (χ1) is 12.1. The number of tetrazole rings is 1. The topological polar surface area (TPSA) is 129 Å². The van der Waals surface area contributed by atoms with Gasteiger partial charge >= 0.3 is 0 Å². The molecule has 1 N–H and O–H groups in total. The van der Waals surface area contributed by atoms with Gasteiger partial charge in [-0.05, 0) is 28.6 Å². The Kier molecular flexibility index (Phi) is 5.04. The van der Waals surface area contributed by atoms with Crippen molar-refractivity contribution in [3.05, 3.63) is 58.5 Å². The van der Waals surface area contributed by atoms with Crippen LogP contribution in [0.25, 0.3) is 0 Å². The van der Waals surface area contributed by atoms with Gasteiger partial charge in [-0.15, -0.1) is 5.10 Å². The largest absolute Gasteiger partial charge is 0.467 e. The number of carbonyl (C=O) groups excluding carboxylic acids is 1. The molecule has 128 valence electrons. The minimum absolute atomic E-state index is 0.00454. The molecule has 25 heavy (non-hydrogen) atoms. The summed E-state index contributed by atoms with van der Waals surface area (Å²) in [6.45, 7) is 0.341. The highest BCUT2D eigenvalue weighted by Crippen LogP contribution is 2.24. The molecule has 1 aromatic carbocycles. The van der Waals surface area contributed by atoms with E-state index in [9.17, 15) is 14.9 Å². The van der Waals surface area contributed by atoms with Crippen LogP contribution in [0.5, 0.6) is 0 Å². The Labute approximate surface area is 145 Å². The zero-order valence-electron chi connectivity index (χ0n) is 12.7. The lowest BCUT2D eigenvalue weighted by Gasteiger charge is -2.05. The molecule has 0 bridgehead atoms. The Morgan fingerprint density at radius 2 is 2.16 bits per heavy atom. The SMILES string of the molecule is O=C(CSc1nnnn1Cc1ccco1)Nc1ccccc1[N+](=O)[O-]. The van der Waals surface area contributed by atoms with Crippen LogP contribution in [0, 0.1) is 10.1 Å². The number of nitrogens with zero attached hydrogens (tertiary/aromatic N) is 5. The number of nitro groups is 1. The number of aromatic nitrogens is 4. The van der Waals surface area contributed by atoms with Crippen molar-refractivity contribution in [1.29, 1.82) is 0 Å². The highest BCUT2D eigenvalue weighted by atomic mass is 32.2. The zero-order valence-corrected chi connectivity index (χ0v) is 13.5. The number of hydrogen-bond acceptors (Lipinski definition) is 8. The summed E-state index contributed by atoms with van der Waals surface area (Å²) in [6.07, 6.45) is 1.55. The molecule has 2 aromatic heterocycles. The molecule has 0 saturated heterocycles. The lowest BCUT2D eigenvalue weighted by atomic mass is 10.2. The van der Waals surface area contributed by atoms with Gasteiger partial charge < -0.3 is 9.73 Å². The average Bonchev–Trinajstić information content (AvgIpc) is 3.26. The maximum absolute atomic E-state index is 12.1. The van der Waals surface area contributed by atoms with E-state index < -0.39 is 10.8 Å². The van der Waals surface area contributed by atoms with Gasteiger partial charge in [-0.2, -0.15) is 0 Å². The first kappa shape index (κ1) is 16.6. The Morgan fingerprint density at radius 3 is 2.92 bits per heavy atom. The van der Waals surface area contributed by atoms with Crippen molar-refractivity contribution < 1.29 is 14.1 Å². The number of anilines is 1. The van der Waals surface area contributed by atoms with Crippen LogP contribution in [0.2, 0.25) is 0 Å². The summed E-state index contributed by atoms with van der Waals surface area (Å²) >= 11 is 1.12. The van der Waals surface area contributed by atoms with Gasteiger partial charge in [0.2, 0.25) is 11.1 Å². The first-order valence-corrected chi connectivity index (χ1v) is 8.06. The molecule has 2 heterocycles. The molecule has 10 nitrogen and oxygen atoms in total. The lowest BCUT2D eigenvalue weighted by Crippen LogP contribution is -2.15. The summed E-state index contributed by atoms with van der Waals surface area (Å²) in [4.78, 5) is 22.5. The van der Waals surface area contributed by atoms with Crippen LogP contribution in [0.4, 0.5) is 11.4 Å². The number of benzene rings is 1. The van der Waals surface area contributed by atoms with Crippen LogP contribution in [0.3, 0.4) is 0 Å². The molecule has 0 saturated carbocycles. The molecular weight excluding hydrogens is 348 g/mol. The number of para-hydroxylation sites is 2. The van der Waals surface area contributed by atoms with E-state index >= 15 is 0 Å². The summed E-state index contributed by atoms with van der Waals surface area (Å²) in [7, 11) is 0. The van der Waals surface area contributed by atoms with Gasteiger partial charge in [0.1, 0.15) is 18.0 Å². The minimum atomic E-state index is -0.549. The van der Waals surface area contributed by atoms with E-state index in [1.54, 1.807) is 24.5 Å². The molecule has 1 amide bonds. The highest BCUT2D eigenvalue weighted by Gasteiger charge is 2.16. The number of rotatable bonds is 7. The van der Waals surface area contributed by atoms with E-state index in [0.717, 1.165) is 11.8 Å². The second kappa shape index (κ2) is 7.57. The number of nitro benzene ring substituents is 1. The van der Waals surface area contributed by atoms with E-state index in [0.29, 0.717) is 17.5 Å². The van der Waals surface area contributed by atoms with Crippen LogP contribution >= 0.6 is 11.8 Å². The van der Waals surface area contributed by atoms with E-state index in [1.807, 2.05) is 0 Å². The van der Waals surface area contributed by atoms with Crippen LogP contribution in [0.15, 0.2) is 52.2 Å². The second-order valence-corrected chi connectivity index (χ2v) is 5.75. The number of nitrogens with one attached hydrogen (secondary N) is 1. The number of amides is 1. The van der Waals surface area contributed by atoms with Crippen molar-refractivity contribution >= 4 is 29.0 Å². The van der Waals surface area contributed by atoms with Crippen molar-refractivity contribution in [2.75, 3.05) is 11.1 Å². The summed E-state index contributed by atoms with van der Waals surface area (Å²) in [5, 5.41) is 25.2. The fourth-order valence-corrected chi connectivity index (χ4v) is 2.68. The Hall–Kier alpha value is -3.21. The molecule has 11 heteroatoms. The number of thioether (sulfide) groups is 1. The highest BCUT2D eigenvalue weighted by molar-refractivity contribution is 7.99. The predicted octanol–water partition coefficient (Wildman–Crippen LogP) is 1.95. The van der Waals surface area contributed by atoms with E-state index in [-0.39, 0.29) is 17.1 Å². The van der Waals surface area contributed by atoms with E-state index in [2.05, 4.69) is 20.8 Å². The predicted molar refractivity (Wildman–Crippen MR) is 88.1 cm³/mol. The molecule has 0 aliphatic heterocycles. The standard InChI is InChI=1S/C14H12N6O4S/c21-13(15-11-5-1-2-6-12(11)20(22)23)9-25-14-16-17-18-19(14)8-10-4-3-7-24-10/h1-7H,8-9H2,(H,15,21). The molecule has 0 unspecified atom stereocenters. The van der Waals surface area contributed by atoms with Gasteiger partial charge in [-0.1, -0.05) is 23.9 Å². The normalized spacial score (nSPS) is 10.6. The summed E-state index contributed by atoms with van der Waals surface area (Å²) in [5.74, 6) is 0.287. The third-order valence-electron chi connectivity index (χ3n) is 3.09. The third kappa shape index (κ3) is 4.20. The second-order valence-electron chi connectivity index (χ2n) is 4.81. The van der Waals surface area contributed by atoms with Gasteiger partial charge in [0.05, 0.1) is 16.9 Å². The van der Waals surface area contributed by atoms with Crippen LogP contribution in [-0.4, -0.2) is 36.8 Å². The van der Waals surface area contributed by atoms with Gasteiger partial charge in [0, 0.05) is 6.07 Å². The van der Waals surface area contributed by atoms with Crippen molar-refractivity contribution in [3.63, 3.8) is 0 Å². The molecular formula is C14H12N6O4S. The first-order valence-electron chi connectivity index (χ1n) is 7.08. The van der Waals surface area contributed by atoms with Crippen molar-refractivity contribution in [2.24, 2.45) is 0 Å². The molecule has 3 aromatic rings. The van der Waals surface area contributed by atoms with Crippen molar-refractivity contribution in [1.82, 2.24) is 20.2 Å². The Balaban J connectivity index is 1.60. The van der Waals surface area contributed by atoms with Crippen LogP contribution < -0.4 is 5.32 Å². The number of carbonyl (C=O) groups is 1.